The number of hydrogen-bond acceptors (Lipinski definition) is 8. The van der Waals surface area contributed by atoms with Crippen molar-refractivity contribution in [3.63, 3.8) is 0 Å². The molecule has 1 aromatic heterocycles. The van der Waals surface area contributed by atoms with E-state index in [4.69, 9.17) is 4.74 Å². The van der Waals surface area contributed by atoms with Gasteiger partial charge in [-0.3, -0.25) is 9.78 Å². The minimum atomic E-state index is -1.27. The number of aliphatic hydroxyl groups is 3. The van der Waals surface area contributed by atoms with E-state index in [-0.39, 0.29) is 5.91 Å². The molecular formula is C33H43N3O5S. The highest BCUT2D eigenvalue weighted by molar-refractivity contribution is 7.99. The average molecular weight is 594 g/mol. The van der Waals surface area contributed by atoms with Crippen LogP contribution in [0.25, 0.3) is 0 Å². The average Bonchev–Trinajstić information content (AvgIpc) is 2.99. The molecule has 3 aromatic rings. The summed E-state index contributed by atoms with van der Waals surface area (Å²) in [5.74, 6) is 0.0808. The molecule has 0 bridgehead atoms. The molecule has 1 aliphatic rings. The Labute approximate surface area is 253 Å². The smallest absolute Gasteiger partial charge is 0.220 e. The van der Waals surface area contributed by atoms with Crippen molar-refractivity contribution >= 4 is 17.7 Å². The number of carbonyl (C=O) groups is 1. The molecule has 1 fully saturated rings. The molecule has 4 N–H and O–H groups in total. The van der Waals surface area contributed by atoms with Gasteiger partial charge in [0.1, 0.15) is 29.9 Å². The lowest BCUT2D eigenvalue weighted by atomic mass is 9.91. The van der Waals surface area contributed by atoms with Crippen LogP contribution < -0.4 is 5.32 Å². The van der Waals surface area contributed by atoms with Gasteiger partial charge in [-0.1, -0.05) is 42.5 Å². The van der Waals surface area contributed by atoms with E-state index in [1.54, 1.807) is 18.6 Å². The molecule has 2 aromatic carbocycles. The number of thioether (sulfide) groups is 1. The van der Waals surface area contributed by atoms with E-state index < -0.39 is 29.9 Å². The van der Waals surface area contributed by atoms with Crippen molar-refractivity contribution in [1.29, 1.82) is 0 Å². The van der Waals surface area contributed by atoms with Crippen LogP contribution in [0.5, 0.6) is 0 Å². The normalized spacial score (nSPS) is 22.3. The molecule has 0 spiro atoms. The van der Waals surface area contributed by atoms with E-state index in [2.05, 4.69) is 46.4 Å². The predicted molar refractivity (Wildman–Crippen MR) is 166 cm³/mol. The van der Waals surface area contributed by atoms with E-state index in [1.807, 2.05) is 37.4 Å². The third-order valence-corrected chi connectivity index (χ3v) is 8.66. The van der Waals surface area contributed by atoms with E-state index in [9.17, 15) is 20.1 Å². The highest BCUT2D eigenvalue weighted by Crippen LogP contribution is 2.36. The number of ether oxygens (including phenoxy) is 1. The number of benzene rings is 2. The second kappa shape index (κ2) is 15.6. The van der Waals surface area contributed by atoms with Gasteiger partial charge >= 0.3 is 0 Å². The van der Waals surface area contributed by atoms with Gasteiger partial charge < -0.3 is 30.3 Å². The van der Waals surface area contributed by atoms with E-state index >= 15 is 0 Å². The first-order valence-corrected chi connectivity index (χ1v) is 15.8. The monoisotopic (exact) mass is 593 g/mol. The number of rotatable bonds is 13. The summed E-state index contributed by atoms with van der Waals surface area (Å²) in [6.07, 6.45) is 3.91. The summed E-state index contributed by atoms with van der Waals surface area (Å²) in [6.45, 7) is 4.29. The van der Waals surface area contributed by atoms with Crippen LogP contribution in [0.3, 0.4) is 0 Å². The molecule has 0 radical (unpaired) electrons. The number of nitrogens with zero attached hydrogens (tertiary/aromatic N) is 2. The fraction of sp³-hybridized carbons (Fsp3) is 0.455. The van der Waals surface area contributed by atoms with Gasteiger partial charge in [0.2, 0.25) is 5.91 Å². The van der Waals surface area contributed by atoms with Gasteiger partial charge in [-0.25, -0.2) is 0 Å². The van der Waals surface area contributed by atoms with E-state index in [1.165, 1.54) is 22.9 Å². The van der Waals surface area contributed by atoms with Gasteiger partial charge in [0, 0.05) is 38.4 Å². The van der Waals surface area contributed by atoms with Crippen molar-refractivity contribution in [1.82, 2.24) is 15.2 Å². The quantitative estimate of drug-likeness (QED) is 0.239. The van der Waals surface area contributed by atoms with Crippen LogP contribution in [0, 0.1) is 6.92 Å². The molecule has 0 aliphatic carbocycles. The first-order valence-electron chi connectivity index (χ1n) is 14.5. The maximum absolute atomic E-state index is 12.3. The molecule has 226 valence electrons. The van der Waals surface area contributed by atoms with Crippen LogP contribution >= 0.6 is 11.8 Å². The van der Waals surface area contributed by atoms with Gasteiger partial charge in [0.15, 0.2) is 0 Å². The van der Waals surface area contributed by atoms with Gasteiger partial charge in [-0.2, -0.15) is 0 Å². The molecule has 0 unspecified atom stereocenters. The SMILES string of the molecule is CS[C@H]1O[C@@H](c2ccc(C)c(Cc3ccc(CCCC(=O)NCCN(C)Cc4ccncc4)cc3)c2)[C@H](O)[C@@H](O)[C@@H]1O. The number of likely N-dealkylation sites (N-methyl/N-ethyl adjacent to an activating group) is 1. The van der Waals surface area contributed by atoms with Crippen LogP contribution in [0.4, 0.5) is 0 Å². The Hall–Kier alpha value is -2.79. The van der Waals surface area contributed by atoms with Crippen molar-refractivity contribution < 1.29 is 24.9 Å². The molecule has 1 saturated heterocycles. The van der Waals surface area contributed by atoms with Crippen molar-refractivity contribution in [2.45, 2.75) is 69.0 Å². The summed E-state index contributed by atoms with van der Waals surface area (Å²) >= 11 is 1.31. The Balaban J connectivity index is 1.22. The maximum atomic E-state index is 12.3. The van der Waals surface area contributed by atoms with Crippen LogP contribution in [0.2, 0.25) is 0 Å². The lowest BCUT2D eigenvalue weighted by Gasteiger charge is -2.40. The standard InChI is InChI=1S/C33H43N3O5S/c1-22-7-12-26(32-30(39)29(38)31(40)33(41-32)42-3)20-27(22)19-24-10-8-23(9-11-24)5-4-6-28(37)35-17-18-36(2)21-25-13-15-34-16-14-25/h7-16,20,29-33,38-40H,4-6,17-19,21H2,1-3H3,(H,35,37)/t29-,30-,31+,32+,33-/m1/s1. The van der Waals surface area contributed by atoms with Gasteiger partial charge in [0.25, 0.3) is 0 Å². The largest absolute Gasteiger partial charge is 0.387 e. The topological polar surface area (TPSA) is 115 Å². The number of aryl methyl sites for hydroxylation is 2. The van der Waals surface area contributed by atoms with Crippen molar-refractivity contribution in [3.8, 4) is 0 Å². The Kier molecular flexibility index (Phi) is 11.9. The van der Waals surface area contributed by atoms with Crippen LogP contribution in [0.1, 0.15) is 52.3 Å². The molecule has 8 nitrogen and oxygen atoms in total. The molecule has 1 aliphatic heterocycles. The Morgan fingerprint density at radius 3 is 2.40 bits per heavy atom. The number of pyridine rings is 1. The second-order valence-corrected chi connectivity index (χ2v) is 12.0. The number of nitrogens with one attached hydrogen (secondary N) is 1. The van der Waals surface area contributed by atoms with Crippen LogP contribution in [0.15, 0.2) is 67.0 Å². The molecule has 4 rings (SSSR count). The molecule has 1 amide bonds. The maximum Gasteiger partial charge on any atom is 0.220 e. The minimum absolute atomic E-state index is 0.0808. The molecule has 42 heavy (non-hydrogen) atoms. The fourth-order valence-electron chi connectivity index (χ4n) is 5.23. The number of hydrogen-bond donors (Lipinski definition) is 4. The van der Waals surface area contributed by atoms with Gasteiger partial charge in [-0.15, -0.1) is 11.8 Å². The lowest BCUT2D eigenvalue weighted by molar-refractivity contribution is -0.200. The number of carbonyl (C=O) groups excluding carboxylic acids is 1. The third-order valence-electron chi connectivity index (χ3n) is 7.81. The molecule has 2 heterocycles. The minimum Gasteiger partial charge on any atom is -0.387 e. The number of amides is 1. The fourth-order valence-corrected chi connectivity index (χ4v) is 5.90. The Morgan fingerprint density at radius 1 is 0.976 bits per heavy atom. The molecule has 0 saturated carbocycles. The Morgan fingerprint density at radius 2 is 1.69 bits per heavy atom. The second-order valence-electron chi connectivity index (χ2n) is 11.1. The van der Waals surface area contributed by atoms with Crippen molar-refractivity contribution in [3.05, 3.63) is 100 Å². The number of aliphatic hydroxyl groups excluding tert-OH is 3. The van der Waals surface area contributed by atoms with E-state index in [0.717, 1.165) is 54.6 Å². The van der Waals surface area contributed by atoms with Crippen LogP contribution in [-0.2, 0) is 28.9 Å². The summed E-state index contributed by atoms with van der Waals surface area (Å²) < 4.78 is 5.96. The first kappa shape index (κ1) is 32.1. The summed E-state index contributed by atoms with van der Waals surface area (Å²) in [7, 11) is 2.04. The van der Waals surface area contributed by atoms with Gasteiger partial charge in [-0.05, 0) is 85.0 Å². The van der Waals surface area contributed by atoms with Crippen LogP contribution in [-0.4, -0.2) is 81.3 Å². The van der Waals surface area contributed by atoms with Crippen molar-refractivity contribution in [2.75, 3.05) is 26.4 Å². The molecule has 5 atom stereocenters. The predicted octanol–water partition coefficient (Wildman–Crippen LogP) is 3.39. The summed E-state index contributed by atoms with van der Waals surface area (Å²) in [5.41, 5.74) is 5.97. The van der Waals surface area contributed by atoms with Gasteiger partial charge in [0.05, 0.1) is 0 Å². The summed E-state index contributed by atoms with van der Waals surface area (Å²) in [4.78, 5) is 18.5. The van der Waals surface area contributed by atoms with E-state index in [0.29, 0.717) is 13.0 Å². The third kappa shape index (κ3) is 8.86. The first-order chi connectivity index (χ1) is 20.2. The summed E-state index contributed by atoms with van der Waals surface area (Å²) in [5, 5.41) is 34.2. The zero-order chi connectivity index (χ0) is 30.1. The zero-order valence-electron chi connectivity index (χ0n) is 24.6. The Bertz CT molecular complexity index is 1270. The summed E-state index contributed by atoms with van der Waals surface area (Å²) in [6, 6.07) is 18.4. The highest BCUT2D eigenvalue weighted by atomic mass is 32.2. The zero-order valence-corrected chi connectivity index (χ0v) is 25.5. The molecule has 9 heteroatoms. The highest BCUT2D eigenvalue weighted by Gasteiger charge is 2.44. The molecular weight excluding hydrogens is 550 g/mol. The number of aromatic nitrogens is 1. The van der Waals surface area contributed by atoms with Crippen molar-refractivity contribution in [2.24, 2.45) is 0 Å². The lowest BCUT2D eigenvalue weighted by Crippen LogP contribution is -2.52.